The second-order valence-electron chi connectivity index (χ2n) is 5.40. The number of carbonyl (C=O) groups is 1. The molecule has 0 spiro atoms. The Hall–Kier alpha value is -1.39. The lowest BCUT2D eigenvalue weighted by atomic mass is 9.92. The van der Waals surface area contributed by atoms with E-state index in [2.05, 4.69) is 17.1 Å². The summed E-state index contributed by atoms with van der Waals surface area (Å²) < 4.78 is 0. The second-order valence-corrected chi connectivity index (χ2v) is 5.40. The first-order valence-electron chi connectivity index (χ1n) is 6.41. The van der Waals surface area contributed by atoms with Crippen molar-refractivity contribution in [1.29, 1.82) is 0 Å². The zero-order chi connectivity index (χ0) is 12.8. The summed E-state index contributed by atoms with van der Waals surface area (Å²) in [6.07, 6.45) is 1.35. The van der Waals surface area contributed by atoms with Crippen LogP contribution in [0.4, 0.5) is 0 Å². The van der Waals surface area contributed by atoms with Crippen molar-refractivity contribution in [1.82, 2.24) is 10.0 Å². The molecule has 2 atom stereocenters. The molecule has 0 bridgehead atoms. The van der Waals surface area contributed by atoms with Crippen molar-refractivity contribution in [3.8, 4) is 0 Å². The van der Waals surface area contributed by atoms with Gasteiger partial charge in [0.1, 0.15) is 0 Å². The third-order valence-corrected chi connectivity index (χ3v) is 4.08. The van der Waals surface area contributed by atoms with Gasteiger partial charge < -0.3 is 5.11 Å². The minimum atomic E-state index is -0.450. The number of hydrogen-bond acceptors (Lipinski definition) is 3. The maximum Gasteiger partial charge on any atom is 0.238 e. The Morgan fingerprint density at radius 2 is 2.11 bits per heavy atom. The van der Waals surface area contributed by atoms with Crippen molar-refractivity contribution in [3.05, 3.63) is 35.9 Å². The van der Waals surface area contributed by atoms with Gasteiger partial charge in [0.2, 0.25) is 5.91 Å². The molecule has 1 aromatic rings. The average molecular weight is 246 g/mol. The molecule has 1 amide bonds. The van der Waals surface area contributed by atoms with Crippen molar-refractivity contribution < 1.29 is 9.90 Å². The molecule has 2 aliphatic rings. The van der Waals surface area contributed by atoms with Gasteiger partial charge in [0.05, 0.1) is 18.2 Å². The summed E-state index contributed by atoms with van der Waals surface area (Å²) in [6, 6.07) is 10.4. The van der Waals surface area contributed by atoms with Gasteiger partial charge in [0.15, 0.2) is 0 Å². The van der Waals surface area contributed by atoms with Gasteiger partial charge in [0.25, 0.3) is 0 Å². The highest BCUT2D eigenvalue weighted by Crippen LogP contribution is 2.45. The topological polar surface area (TPSA) is 43.8 Å². The third kappa shape index (κ3) is 1.56. The molecule has 2 fully saturated rings. The van der Waals surface area contributed by atoms with Gasteiger partial charge in [-0.3, -0.25) is 9.80 Å². The molecule has 4 nitrogen and oxygen atoms in total. The van der Waals surface area contributed by atoms with Gasteiger partial charge >= 0.3 is 0 Å². The quantitative estimate of drug-likeness (QED) is 0.856. The van der Waals surface area contributed by atoms with E-state index in [0.29, 0.717) is 6.42 Å². The molecule has 0 saturated carbocycles. The molecule has 2 heterocycles. The number of hydrogen-bond donors (Lipinski definition) is 1. The van der Waals surface area contributed by atoms with Crippen molar-refractivity contribution in [2.45, 2.75) is 31.3 Å². The number of benzene rings is 1. The number of aliphatic hydroxyl groups is 1. The number of carbonyl (C=O) groups excluding carboxylic acids is 1. The highest BCUT2D eigenvalue weighted by molar-refractivity contribution is 5.79. The summed E-state index contributed by atoms with van der Waals surface area (Å²) >= 11 is 0. The molecule has 4 heteroatoms. The van der Waals surface area contributed by atoms with Crippen molar-refractivity contribution >= 4 is 5.91 Å². The maximum absolute atomic E-state index is 12.0. The van der Waals surface area contributed by atoms with Gasteiger partial charge in [-0.2, -0.15) is 0 Å². The van der Waals surface area contributed by atoms with E-state index in [1.807, 2.05) is 25.1 Å². The zero-order valence-corrected chi connectivity index (χ0v) is 10.5. The van der Waals surface area contributed by atoms with E-state index in [1.165, 1.54) is 5.56 Å². The van der Waals surface area contributed by atoms with E-state index < -0.39 is 5.54 Å². The van der Waals surface area contributed by atoms with E-state index in [-0.39, 0.29) is 18.6 Å². The fourth-order valence-corrected chi connectivity index (χ4v) is 3.17. The molecule has 0 aliphatic carbocycles. The lowest BCUT2D eigenvalue weighted by Gasteiger charge is -2.33. The first-order chi connectivity index (χ1) is 8.65. The SMILES string of the molecule is C[C@@]1(CO)C[C@@H](c2ccccc2)N2CCC(=O)N21. The minimum absolute atomic E-state index is 0.0125. The summed E-state index contributed by atoms with van der Waals surface area (Å²) in [5, 5.41) is 13.5. The van der Waals surface area contributed by atoms with Gasteiger partial charge in [-0.15, -0.1) is 0 Å². The number of nitrogens with zero attached hydrogens (tertiary/aromatic N) is 2. The van der Waals surface area contributed by atoms with Crippen LogP contribution in [0.1, 0.15) is 31.4 Å². The number of fused-ring (bicyclic) bond motifs is 1. The van der Waals surface area contributed by atoms with Crippen LogP contribution in [0.2, 0.25) is 0 Å². The summed E-state index contributed by atoms with van der Waals surface area (Å²) in [5.41, 5.74) is 0.767. The van der Waals surface area contributed by atoms with Crippen LogP contribution in [-0.2, 0) is 4.79 Å². The van der Waals surface area contributed by atoms with Crippen LogP contribution in [0, 0.1) is 0 Å². The van der Waals surface area contributed by atoms with Crippen LogP contribution < -0.4 is 0 Å². The fraction of sp³-hybridized carbons (Fsp3) is 0.500. The van der Waals surface area contributed by atoms with E-state index in [4.69, 9.17) is 0 Å². The monoisotopic (exact) mass is 246 g/mol. The Bertz CT molecular complexity index is 462. The molecule has 2 aliphatic heterocycles. The maximum atomic E-state index is 12.0. The molecule has 0 aromatic heterocycles. The lowest BCUT2D eigenvalue weighted by Crippen LogP contribution is -2.49. The Kier molecular flexibility index (Phi) is 2.64. The normalized spacial score (nSPS) is 32.0. The van der Waals surface area contributed by atoms with E-state index in [0.717, 1.165) is 13.0 Å². The van der Waals surface area contributed by atoms with E-state index in [1.54, 1.807) is 5.01 Å². The predicted octanol–water partition coefficient (Wildman–Crippen LogP) is 1.33. The van der Waals surface area contributed by atoms with E-state index in [9.17, 15) is 9.90 Å². The molecule has 96 valence electrons. The number of rotatable bonds is 2. The fourth-order valence-electron chi connectivity index (χ4n) is 3.17. The zero-order valence-electron chi connectivity index (χ0n) is 10.5. The highest BCUT2D eigenvalue weighted by atomic mass is 16.3. The Morgan fingerprint density at radius 1 is 1.39 bits per heavy atom. The smallest absolute Gasteiger partial charge is 0.238 e. The van der Waals surface area contributed by atoms with Crippen LogP contribution in [0.15, 0.2) is 30.3 Å². The van der Waals surface area contributed by atoms with Crippen LogP contribution >= 0.6 is 0 Å². The second kappa shape index (κ2) is 4.07. The Labute approximate surface area is 107 Å². The molecule has 1 N–H and O–H groups in total. The summed E-state index contributed by atoms with van der Waals surface area (Å²) in [7, 11) is 0. The van der Waals surface area contributed by atoms with Gasteiger partial charge in [0, 0.05) is 13.0 Å². The Balaban J connectivity index is 1.97. The van der Waals surface area contributed by atoms with Gasteiger partial charge in [-0.05, 0) is 18.9 Å². The lowest BCUT2D eigenvalue weighted by molar-refractivity contribution is -0.145. The highest BCUT2D eigenvalue weighted by Gasteiger charge is 2.52. The third-order valence-electron chi connectivity index (χ3n) is 4.08. The van der Waals surface area contributed by atoms with Gasteiger partial charge in [-0.1, -0.05) is 30.3 Å². The molecular weight excluding hydrogens is 228 g/mol. The largest absolute Gasteiger partial charge is 0.394 e. The molecule has 0 unspecified atom stereocenters. The van der Waals surface area contributed by atoms with Crippen molar-refractivity contribution in [3.63, 3.8) is 0 Å². The molecular formula is C14H18N2O2. The summed E-state index contributed by atoms with van der Waals surface area (Å²) in [6.45, 7) is 2.73. The van der Waals surface area contributed by atoms with Crippen molar-refractivity contribution in [2.75, 3.05) is 13.2 Å². The molecule has 1 aromatic carbocycles. The predicted molar refractivity (Wildman–Crippen MR) is 67.5 cm³/mol. The van der Waals surface area contributed by atoms with Crippen molar-refractivity contribution in [2.24, 2.45) is 0 Å². The van der Waals surface area contributed by atoms with Crippen LogP contribution in [0.5, 0.6) is 0 Å². The average Bonchev–Trinajstić information content (AvgIpc) is 2.92. The summed E-state index contributed by atoms with van der Waals surface area (Å²) in [5.74, 6) is 0.130. The van der Waals surface area contributed by atoms with Gasteiger partial charge in [-0.25, -0.2) is 5.01 Å². The van der Waals surface area contributed by atoms with Crippen LogP contribution in [0.3, 0.4) is 0 Å². The first kappa shape index (κ1) is 11.7. The van der Waals surface area contributed by atoms with E-state index >= 15 is 0 Å². The standard InChI is InChI=1S/C14H18N2O2/c1-14(10-17)9-12(11-5-3-2-4-6-11)15-8-7-13(18)16(14)15/h2-6,12,17H,7-10H2,1H3/t12-,14-/m0/s1. The molecule has 3 rings (SSSR count). The summed E-state index contributed by atoms with van der Waals surface area (Å²) in [4.78, 5) is 12.0. The first-order valence-corrected chi connectivity index (χ1v) is 6.41. The van der Waals surface area contributed by atoms with Crippen LogP contribution in [0.25, 0.3) is 0 Å². The van der Waals surface area contributed by atoms with Crippen LogP contribution in [-0.4, -0.2) is 39.7 Å². The minimum Gasteiger partial charge on any atom is -0.394 e. The number of amides is 1. The number of aliphatic hydroxyl groups excluding tert-OH is 1. The molecule has 2 saturated heterocycles. The Morgan fingerprint density at radius 3 is 2.78 bits per heavy atom. The molecule has 0 radical (unpaired) electrons. The number of hydrazine groups is 1. The molecule has 18 heavy (non-hydrogen) atoms.